The summed E-state index contributed by atoms with van der Waals surface area (Å²) in [6, 6.07) is 0. The van der Waals surface area contributed by atoms with Crippen molar-refractivity contribution < 1.29 is 45.1 Å². The largest absolute Gasteiger partial charge is 0.524 e. The Morgan fingerprint density at radius 2 is 2.00 bits per heavy atom. The van der Waals surface area contributed by atoms with E-state index in [1.165, 1.54) is 0 Å². The van der Waals surface area contributed by atoms with Crippen LogP contribution in [0.4, 0.5) is 0 Å². The summed E-state index contributed by atoms with van der Waals surface area (Å²) in [7, 11) is -4.28. The molecule has 46 valence electrons. The van der Waals surface area contributed by atoms with Crippen LogP contribution in [-0.2, 0) is 35.3 Å². The standard InChI is InChI=1S/C2H5O4P.Zr/c1-2-6-7(3,4)5;/h2H,1H2,(H2,3,4,5);. The van der Waals surface area contributed by atoms with Gasteiger partial charge in [-0.15, -0.1) is 0 Å². The molecule has 0 aliphatic carbocycles. The molecule has 2 N–H and O–H groups in total. The van der Waals surface area contributed by atoms with E-state index in [1.54, 1.807) is 0 Å². The average molecular weight is 215 g/mol. The van der Waals surface area contributed by atoms with Gasteiger partial charge in [-0.1, -0.05) is 6.58 Å². The Labute approximate surface area is 65.9 Å². The van der Waals surface area contributed by atoms with E-state index in [9.17, 15) is 4.57 Å². The maximum absolute atomic E-state index is 9.63. The van der Waals surface area contributed by atoms with Gasteiger partial charge in [0.05, 0.1) is 6.26 Å². The first kappa shape index (κ1) is 11.4. The number of phosphoric ester groups is 1. The van der Waals surface area contributed by atoms with Crippen LogP contribution in [0.1, 0.15) is 0 Å². The van der Waals surface area contributed by atoms with E-state index < -0.39 is 7.82 Å². The Morgan fingerprint density at radius 3 is 2.00 bits per heavy atom. The van der Waals surface area contributed by atoms with Gasteiger partial charge in [0.1, 0.15) is 0 Å². The van der Waals surface area contributed by atoms with Gasteiger partial charge in [0, 0.05) is 26.2 Å². The molecule has 0 aliphatic heterocycles. The molecular formula is C2H5O4PZr. The Bertz CT molecular complexity index is 107. The van der Waals surface area contributed by atoms with Gasteiger partial charge in [-0.3, -0.25) is 9.79 Å². The van der Waals surface area contributed by atoms with Crippen LogP contribution in [0.3, 0.4) is 0 Å². The summed E-state index contributed by atoms with van der Waals surface area (Å²) in [4.78, 5) is 15.7. The molecule has 0 spiro atoms. The summed E-state index contributed by atoms with van der Waals surface area (Å²) in [5.41, 5.74) is 0. The van der Waals surface area contributed by atoms with Crippen LogP contribution in [-0.4, -0.2) is 9.79 Å². The molecule has 0 aromatic carbocycles. The summed E-state index contributed by atoms with van der Waals surface area (Å²) >= 11 is 0. The third-order valence-corrected chi connectivity index (χ3v) is 0.636. The van der Waals surface area contributed by atoms with E-state index in [2.05, 4.69) is 11.1 Å². The maximum atomic E-state index is 9.63. The van der Waals surface area contributed by atoms with E-state index in [4.69, 9.17) is 9.79 Å². The van der Waals surface area contributed by atoms with Gasteiger partial charge in [0.2, 0.25) is 0 Å². The van der Waals surface area contributed by atoms with Crippen molar-refractivity contribution in [1.29, 1.82) is 0 Å². The van der Waals surface area contributed by atoms with Crippen LogP contribution in [0, 0.1) is 0 Å². The SMILES string of the molecule is C=COP(=O)(O)O.[Zr]. The van der Waals surface area contributed by atoms with Crippen molar-refractivity contribution in [3.05, 3.63) is 12.8 Å². The fraction of sp³-hybridized carbons (Fsp3) is 0. The van der Waals surface area contributed by atoms with Crippen molar-refractivity contribution in [2.75, 3.05) is 0 Å². The molecule has 0 unspecified atom stereocenters. The van der Waals surface area contributed by atoms with Gasteiger partial charge in [0.15, 0.2) is 0 Å². The number of hydrogen-bond donors (Lipinski definition) is 2. The molecule has 8 heavy (non-hydrogen) atoms. The van der Waals surface area contributed by atoms with Crippen molar-refractivity contribution >= 4 is 7.82 Å². The Kier molecular flexibility index (Phi) is 6.33. The summed E-state index contributed by atoms with van der Waals surface area (Å²) in [5.74, 6) is 0. The molecule has 0 rings (SSSR count). The number of rotatable bonds is 2. The minimum Gasteiger partial charge on any atom is -0.413 e. The normalized spacial score (nSPS) is 9.25. The van der Waals surface area contributed by atoms with Gasteiger partial charge in [-0.2, -0.15) is 0 Å². The molecule has 0 aromatic heterocycles. The molecule has 0 radical (unpaired) electrons. The van der Waals surface area contributed by atoms with E-state index >= 15 is 0 Å². The van der Waals surface area contributed by atoms with Gasteiger partial charge in [-0.25, -0.2) is 4.57 Å². The maximum Gasteiger partial charge on any atom is 0.524 e. The molecule has 4 nitrogen and oxygen atoms in total. The first-order valence-electron chi connectivity index (χ1n) is 1.41. The van der Waals surface area contributed by atoms with Crippen molar-refractivity contribution in [3.63, 3.8) is 0 Å². The molecule has 0 atom stereocenters. The molecule has 0 saturated heterocycles. The van der Waals surface area contributed by atoms with E-state index in [0.717, 1.165) is 0 Å². The van der Waals surface area contributed by atoms with Crippen molar-refractivity contribution in [2.45, 2.75) is 0 Å². The Hall–Kier alpha value is 0.573. The smallest absolute Gasteiger partial charge is 0.413 e. The van der Waals surface area contributed by atoms with Gasteiger partial charge in [-0.05, 0) is 0 Å². The van der Waals surface area contributed by atoms with Crippen LogP contribution >= 0.6 is 7.82 Å². The third kappa shape index (κ3) is 9.76. The second-order valence-corrected chi connectivity index (χ2v) is 1.95. The average Bonchev–Trinajstić information content (AvgIpc) is 1.30. The second-order valence-electron chi connectivity index (χ2n) is 0.763. The first-order valence-corrected chi connectivity index (χ1v) is 2.94. The Morgan fingerprint density at radius 1 is 1.62 bits per heavy atom. The molecule has 0 saturated carbocycles. The zero-order chi connectivity index (χ0) is 5.91. The van der Waals surface area contributed by atoms with Crippen LogP contribution in [0.25, 0.3) is 0 Å². The summed E-state index contributed by atoms with van der Waals surface area (Å²) in [6.07, 6.45) is 0.695. The number of phosphoric acid groups is 1. The molecule has 0 heterocycles. The van der Waals surface area contributed by atoms with E-state index in [1.807, 2.05) is 0 Å². The van der Waals surface area contributed by atoms with Crippen LogP contribution in [0.2, 0.25) is 0 Å². The summed E-state index contributed by atoms with van der Waals surface area (Å²) in [6.45, 7) is 2.93. The van der Waals surface area contributed by atoms with Crippen LogP contribution in [0.5, 0.6) is 0 Å². The van der Waals surface area contributed by atoms with Crippen LogP contribution in [0.15, 0.2) is 12.8 Å². The summed E-state index contributed by atoms with van der Waals surface area (Å²) < 4.78 is 13.3. The van der Waals surface area contributed by atoms with Crippen molar-refractivity contribution in [3.8, 4) is 0 Å². The van der Waals surface area contributed by atoms with Gasteiger partial charge in [0.25, 0.3) is 0 Å². The van der Waals surface area contributed by atoms with Gasteiger partial charge < -0.3 is 4.52 Å². The zero-order valence-corrected chi connectivity index (χ0v) is 7.30. The molecule has 6 heteroatoms. The van der Waals surface area contributed by atoms with E-state index in [-0.39, 0.29) is 26.2 Å². The zero-order valence-electron chi connectivity index (χ0n) is 3.94. The van der Waals surface area contributed by atoms with E-state index in [0.29, 0.717) is 6.26 Å². The third-order valence-electron chi connectivity index (χ3n) is 0.212. The monoisotopic (exact) mass is 214 g/mol. The first-order chi connectivity index (χ1) is 3.06. The number of hydrogen-bond acceptors (Lipinski definition) is 2. The molecule has 0 aliphatic rings. The minimum absolute atomic E-state index is 0. The molecule has 0 aromatic rings. The predicted molar refractivity (Wildman–Crippen MR) is 23.3 cm³/mol. The quantitative estimate of drug-likeness (QED) is 0.511. The molecular weight excluding hydrogens is 210 g/mol. The van der Waals surface area contributed by atoms with Crippen LogP contribution < -0.4 is 0 Å². The predicted octanol–water partition coefficient (Wildman–Crippen LogP) is 0.237. The topological polar surface area (TPSA) is 66.8 Å². The molecule has 0 bridgehead atoms. The fourth-order valence-electron chi connectivity index (χ4n) is 0.0971. The van der Waals surface area contributed by atoms with Crippen molar-refractivity contribution in [2.24, 2.45) is 0 Å². The van der Waals surface area contributed by atoms with Gasteiger partial charge >= 0.3 is 7.82 Å². The molecule has 0 amide bonds. The Balaban J connectivity index is 0. The molecule has 0 fully saturated rings. The minimum atomic E-state index is -4.28. The second kappa shape index (κ2) is 4.45. The fourth-order valence-corrected chi connectivity index (χ4v) is 0.291. The van der Waals surface area contributed by atoms with Crippen molar-refractivity contribution in [1.82, 2.24) is 0 Å². The summed E-state index contributed by atoms with van der Waals surface area (Å²) in [5, 5.41) is 0.